The van der Waals surface area contributed by atoms with Gasteiger partial charge in [-0.05, 0) is 61.7 Å². The maximum atomic E-state index is 11.6. The average Bonchev–Trinajstić information content (AvgIpc) is 2.45. The van der Waals surface area contributed by atoms with E-state index in [0.717, 1.165) is 22.4 Å². The third-order valence-corrected chi connectivity index (χ3v) is 3.42. The number of anilines is 1. The highest BCUT2D eigenvalue weighted by Crippen LogP contribution is 2.32. The van der Waals surface area contributed by atoms with Crippen LogP contribution in [0.5, 0.6) is 11.5 Å². The molecular weight excluding hydrogens is 266 g/mol. The van der Waals surface area contributed by atoms with Gasteiger partial charge < -0.3 is 15.2 Å². The van der Waals surface area contributed by atoms with Crippen LogP contribution in [-0.4, -0.2) is 13.1 Å². The van der Waals surface area contributed by atoms with E-state index in [1.54, 1.807) is 18.2 Å². The van der Waals surface area contributed by atoms with Gasteiger partial charge in [0.1, 0.15) is 5.75 Å². The van der Waals surface area contributed by atoms with Gasteiger partial charge in [0.05, 0.1) is 18.4 Å². The Bertz CT molecular complexity index is 693. The summed E-state index contributed by atoms with van der Waals surface area (Å²) in [5, 5.41) is 0. The van der Waals surface area contributed by atoms with Crippen LogP contribution in [0.15, 0.2) is 30.3 Å². The third-order valence-electron chi connectivity index (χ3n) is 3.42. The second kappa shape index (κ2) is 5.87. The average molecular weight is 285 g/mol. The van der Waals surface area contributed by atoms with Gasteiger partial charge in [0.15, 0.2) is 5.75 Å². The third kappa shape index (κ3) is 3.16. The Morgan fingerprint density at radius 3 is 2.43 bits per heavy atom. The lowest BCUT2D eigenvalue weighted by Crippen LogP contribution is -2.03. The molecule has 4 nitrogen and oxygen atoms in total. The van der Waals surface area contributed by atoms with Crippen molar-refractivity contribution in [3.63, 3.8) is 0 Å². The highest BCUT2D eigenvalue weighted by molar-refractivity contribution is 5.90. The smallest absolute Gasteiger partial charge is 0.337 e. The van der Waals surface area contributed by atoms with Crippen molar-refractivity contribution in [3.8, 4) is 11.5 Å². The monoisotopic (exact) mass is 285 g/mol. The maximum absolute atomic E-state index is 11.6. The van der Waals surface area contributed by atoms with Crippen LogP contribution in [0, 0.1) is 20.8 Å². The SMILES string of the molecule is COC(=O)c1ccc(N)c(Oc2cc(C)cc(C)c2C)c1. The summed E-state index contributed by atoms with van der Waals surface area (Å²) in [4.78, 5) is 11.6. The predicted molar refractivity (Wildman–Crippen MR) is 82.9 cm³/mol. The van der Waals surface area contributed by atoms with Crippen molar-refractivity contribution in [1.82, 2.24) is 0 Å². The number of ether oxygens (including phenoxy) is 2. The summed E-state index contributed by atoms with van der Waals surface area (Å²) in [6.45, 7) is 6.03. The Morgan fingerprint density at radius 1 is 1.05 bits per heavy atom. The summed E-state index contributed by atoms with van der Waals surface area (Å²) in [6.07, 6.45) is 0. The zero-order chi connectivity index (χ0) is 15.6. The molecule has 0 heterocycles. The molecule has 2 aromatic rings. The largest absolute Gasteiger partial charge is 0.465 e. The number of rotatable bonds is 3. The number of methoxy groups -OCH3 is 1. The van der Waals surface area contributed by atoms with E-state index >= 15 is 0 Å². The second-order valence-electron chi connectivity index (χ2n) is 5.05. The normalized spacial score (nSPS) is 10.3. The van der Waals surface area contributed by atoms with Crippen LogP contribution in [0.2, 0.25) is 0 Å². The van der Waals surface area contributed by atoms with E-state index in [1.165, 1.54) is 7.11 Å². The van der Waals surface area contributed by atoms with Crippen molar-refractivity contribution in [2.45, 2.75) is 20.8 Å². The van der Waals surface area contributed by atoms with Crippen molar-refractivity contribution in [2.24, 2.45) is 0 Å². The van der Waals surface area contributed by atoms with Gasteiger partial charge in [-0.25, -0.2) is 4.79 Å². The molecular formula is C17H19NO3. The topological polar surface area (TPSA) is 61.5 Å². The molecule has 0 aliphatic carbocycles. The Morgan fingerprint density at radius 2 is 1.76 bits per heavy atom. The highest BCUT2D eigenvalue weighted by Gasteiger charge is 2.12. The number of nitrogens with two attached hydrogens (primary N) is 1. The van der Waals surface area contributed by atoms with Gasteiger partial charge in [-0.3, -0.25) is 0 Å². The van der Waals surface area contributed by atoms with Crippen LogP contribution in [-0.2, 0) is 4.74 Å². The molecule has 0 amide bonds. The molecule has 2 N–H and O–H groups in total. The molecule has 21 heavy (non-hydrogen) atoms. The fraction of sp³-hybridized carbons (Fsp3) is 0.235. The van der Waals surface area contributed by atoms with E-state index in [4.69, 9.17) is 15.2 Å². The van der Waals surface area contributed by atoms with Crippen LogP contribution < -0.4 is 10.5 Å². The van der Waals surface area contributed by atoms with E-state index in [0.29, 0.717) is 17.0 Å². The van der Waals surface area contributed by atoms with E-state index < -0.39 is 5.97 Å². The lowest BCUT2D eigenvalue weighted by molar-refractivity contribution is 0.0600. The molecule has 2 aromatic carbocycles. The standard InChI is InChI=1S/C17H19NO3/c1-10-7-11(2)12(3)15(8-10)21-16-9-13(17(19)20-4)5-6-14(16)18/h5-9H,18H2,1-4H3. The Hall–Kier alpha value is -2.49. The number of aryl methyl sites for hydroxylation is 2. The van der Waals surface area contributed by atoms with Gasteiger partial charge in [-0.15, -0.1) is 0 Å². The predicted octanol–water partition coefficient (Wildman–Crippen LogP) is 3.77. The fourth-order valence-electron chi connectivity index (χ4n) is 2.09. The first kappa shape index (κ1) is 14.9. The van der Waals surface area contributed by atoms with Crippen LogP contribution in [0.1, 0.15) is 27.0 Å². The summed E-state index contributed by atoms with van der Waals surface area (Å²) < 4.78 is 10.6. The van der Waals surface area contributed by atoms with Crippen molar-refractivity contribution in [1.29, 1.82) is 0 Å². The van der Waals surface area contributed by atoms with Gasteiger partial charge in [0, 0.05) is 0 Å². The molecule has 110 valence electrons. The summed E-state index contributed by atoms with van der Waals surface area (Å²) in [6, 6.07) is 8.89. The lowest BCUT2D eigenvalue weighted by atomic mass is 10.1. The van der Waals surface area contributed by atoms with Crippen molar-refractivity contribution >= 4 is 11.7 Å². The van der Waals surface area contributed by atoms with Crippen LogP contribution in [0.25, 0.3) is 0 Å². The quantitative estimate of drug-likeness (QED) is 0.688. The molecule has 0 aliphatic heterocycles. The summed E-state index contributed by atoms with van der Waals surface area (Å²) in [5.41, 5.74) is 10.1. The number of hydrogen-bond donors (Lipinski definition) is 1. The molecule has 0 unspecified atom stereocenters. The summed E-state index contributed by atoms with van der Waals surface area (Å²) in [7, 11) is 1.34. The van der Waals surface area contributed by atoms with Crippen molar-refractivity contribution in [3.05, 3.63) is 52.6 Å². The van der Waals surface area contributed by atoms with E-state index in [1.807, 2.05) is 26.8 Å². The van der Waals surface area contributed by atoms with Crippen LogP contribution >= 0.6 is 0 Å². The molecule has 0 spiro atoms. The van der Waals surface area contributed by atoms with Crippen molar-refractivity contribution in [2.75, 3.05) is 12.8 Å². The summed E-state index contributed by atoms with van der Waals surface area (Å²) >= 11 is 0. The summed E-state index contributed by atoms with van der Waals surface area (Å²) in [5.74, 6) is 0.768. The fourth-order valence-corrected chi connectivity index (χ4v) is 2.09. The zero-order valence-corrected chi connectivity index (χ0v) is 12.7. The van der Waals surface area contributed by atoms with Gasteiger partial charge in [0.25, 0.3) is 0 Å². The molecule has 0 fully saturated rings. The van der Waals surface area contributed by atoms with E-state index in [9.17, 15) is 4.79 Å². The number of hydrogen-bond acceptors (Lipinski definition) is 4. The minimum absolute atomic E-state index is 0.406. The van der Waals surface area contributed by atoms with Gasteiger partial charge >= 0.3 is 5.97 Å². The maximum Gasteiger partial charge on any atom is 0.337 e. The molecule has 0 saturated carbocycles. The molecule has 0 saturated heterocycles. The first-order chi connectivity index (χ1) is 9.92. The van der Waals surface area contributed by atoms with E-state index in [2.05, 4.69) is 6.07 Å². The molecule has 0 aromatic heterocycles. The number of carbonyl (C=O) groups excluding carboxylic acids is 1. The number of benzene rings is 2. The van der Waals surface area contributed by atoms with Crippen molar-refractivity contribution < 1.29 is 14.3 Å². The first-order valence-corrected chi connectivity index (χ1v) is 6.66. The number of nitrogen functional groups attached to an aromatic ring is 1. The van der Waals surface area contributed by atoms with E-state index in [-0.39, 0.29) is 0 Å². The van der Waals surface area contributed by atoms with Crippen LogP contribution in [0.3, 0.4) is 0 Å². The van der Waals surface area contributed by atoms with Gasteiger partial charge in [-0.2, -0.15) is 0 Å². The van der Waals surface area contributed by atoms with Gasteiger partial charge in [-0.1, -0.05) is 6.07 Å². The molecule has 4 heteroatoms. The second-order valence-corrected chi connectivity index (χ2v) is 5.05. The molecule has 0 radical (unpaired) electrons. The van der Waals surface area contributed by atoms with Gasteiger partial charge in [0.2, 0.25) is 0 Å². The van der Waals surface area contributed by atoms with Crippen LogP contribution in [0.4, 0.5) is 5.69 Å². The first-order valence-electron chi connectivity index (χ1n) is 6.66. The zero-order valence-electron chi connectivity index (χ0n) is 12.7. The number of carbonyl (C=O) groups is 1. The minimum atomic E-state index is -0.419. The molecule has 0 atom stereocenters. The molecule has 0 aliphatic rings. The lowest BCUT2D eigenvalue weighted by Gasteiger charge is -2.14. The minimum Gasteiger partial charge on any atom is -0.465 e. The Kier molecular flexibility index (Phi) is 4.17. The molecule has 0 bridgehead atoms. The Balaban J connectivity index is 2.42. The number of esters is 1. The highest BCUT2D eigenvalue weighted by atomic mass is 16.5. The Labute approximate surface area is 124 Å². The molecule has 2 rings (SSSR count).